The van der Waals surface area contributed by atoms with Crippen molar-refractivity contribution in [3.63, 3.8) is 0 Å². The van der Waals surface area contributed by atoms with Crippen LogP contribution in [0, 0.1) is 12.1 Å². The highest BCUT2D eigenvalue weighted by molar-refractivity contribution is 5.67. The van der Waals surface area contributed by atoms with Gasteiger partial charge in [0, 0.05) is 17.8 Å². The van der Waals surface area contributed by atoms with Crippen molar-refractivity contribution in [3.05, 3.63) is 65.7 Å². The third kappa shape index (κ3) is 4.68. The fraction of sp³-hybridized carbons (Fsp3) is 0.333. The fourth-order valence-electron chi connectivity index (χ4n) is 4.86. The van der Waals surface area contributed by atoms with Crippen molar-refractivity contribution >= 4 is 17.6 Å². The smallest absolute Gasteiger partial charge is 0.248 e. The van der Waals surface area contributed by atoms with E-state index in [4.69, 9.17) is 10.5 Å². The molecule has 4 aromatic rings. The van der Waals surface area contributed by atoms with Gasteiger partial charge in [0.15, 0.2) is 5.82 Å². The molecule has 1 saturated heterocycles. The minimum atomic E-state index is 0.241. The lowest BCUT2D eigenvalue weighted by molar-refractivity contribution is 0.238. The summed E-state index contributed by atoms with van der Waals surface area (Å²) in [6.07, 6.45) is 5.49. The lowest BCUT2D eigenvalue weighted by atomic mass is 10.0. The third-order valence-corrected chi connectivity index (χ3v) is 6.73. The molecule has 2 aromatic carbocycles. The van der Waals surface area contributed by atoms with Gasteiger partial charge in [0.1, 0.15) is 12.4 Å². The van der Waals surface area contributed by atoms with Crippen LogP contribution in [-0.2, 0) is 12.8 Å². The summed E-state index contributed by atoms with van der Waals surface area (Å²) in [6.45, 7) is 4.02. The van der Waals surface area contributed by atoms with Crippen LogP contribution in [0.15, 0.2) is 42.5 Å². The number of nitrogen functional groups attached to an aromatic ring is 1. The van der Waals surface area contributed by atoms with E-state index in [1.807, 2.05) is 42.5 Å². The number of anilines is 3. The topological polar surface area (TPSA) is 107 Å². The fourth-order valence-corrected chi connectivity index (χ4v) is 4.86. The van der Waals surface area contributed by atoms with Gasteiger partial charge < -0.3 is 15.8 Å². The summed E-state index contributed by atoms with van der Waals surface area (Å²) < 4.78 is 7.40. The van der Waals surface area contributed by atoms with Crippen LogP contribution in [0.25, 0.3) is 17.1 Å². The van der Waals surface area contributed by atoms with Crippen LogP contribution >= 0.6 is 0 Å². The summed E-state index contributed by atoms with van der Waals surface area (Å²) >= 11 is 0. The van der Waals surface area contributed by atoms with Gasteiger partial charge in [-0.15, -0.1) is 15.3 Å². The predicted octanol–water partition coefficient (Wildman–Crippen LogP) is 3.61. The zero-order valence-electron chi connectivity index (χ0n) is 20.1. The molecule has 3 N–H and O–H groups in total. The van der Waals surface area contributed by atoms with Crippen molar-refractivity contribution in [2.75, 3.05) is 37.3 Å². The van der Waals surface area contributed by atoms with E-state index < -0.39 is 0 Å². The molecule has 0 spiro atoms. The highest BCUT2D eigenvalue weighted by Gasteiger charge is 2.19. The minimum absolute atomic E-state index is 0.241. The van der Waals surface area contributed by atoms with Gasteiger partial charge in [-0.05, 0) is 98.8 Å². The van der Waals surface area contributed by atoms with Crippen LogP contribution in [0.2, 0.25) is 0 Å². The monoisotopic (exact) mass is 480 g/mol. The van der Waals surface area contributed by atoms with Gasteiger partial charge in [-0.2, -0.15) is 9.67 Å². The maximum absolute atomic E-state index is 6.19. The zero-order chi connectivity index (χ0) is 24.3. The molecule has 2 aromatic heterocycles. The Balaban J connectivity index is 1.14. The van der Waals surface area contributed by atoms with Crippen LogP contribution < -0.4 is 15.8 Å². The van der Waals surface area contributed by atoms with Gasteiger partial charge in [0.2, 0.25) is 11.9 Å². The van der Waals surface area contributed by atoms with Gasteiger partial charge in [-0.1, -0.05) is 12.1 Å². The summed E-state index contributed by atoms with van der Waals surface area (Å²) in [5.74, 6) is 2.02. The molecule has 1 fully saturated rings. The van der Waals surface area contributed by atoms with Gasteiger partial charge in [0.25, 0.3) is 0 Å². The molecular weight excluding hydrogens is 452 g/mol. The van der Waals surface area contributed by atoms with E-state index in [9.17, 15) is 0 Å². The number of aromatic nitrogens is 5. The summed E-state index contributed by atoms with van der Waals surface area (Å²) in [4.78, 5) is 6.81. The highest BCUT2D eigenvalue weighted by Crippen LogP contribution is 2.30. The Morgan fingerprint density at radius 3 is 2.64 bits per heavy atom. The van der Waals surface area contributed by atoms with E-state index in [1.54, 1.807) is 0 Å². The van der Waals surface area contributed by atoms with Crippen molar-refractivity contribution in [2.24, 2.45) is 0 Å². The summed E-state index contributed by atoms with van der Waals surface area (Å²) in [5.41, 5.74) is 11.3. The first-order chi connectivity index (χ1) is 17.7. The van der Waals surface area contributed by atoms with Crippen LogP contribution in [0.1, 0.15) is 30.4 Å². The Kier molecular flexibility index (Phi) is 6.10. The molecule has 1 aliphatic heterocycles. The van der Waals surface area contributed by atoms with Gasteiger partial charge in [0.05, 0.1) is 5.69 Å². The molecule has 9 nitrogen and oxygen atoms in total. The van der Waals surface area contributed by atoms with E-state index >= 15 is 0 Å². The van der Waals surface area contributed by atoms with Crippen LogP contribution in [0.4, 0.5) is 17.6 Å². The lowest BCUT2D eigenvalue weighted by Gasteiger charge is -2.15. The Morgan fingerprint density at radius 1 is 0.972 bits per heavy atom. The van der Waals surface area contributed by atoms with E-state index in [0.29, 0.717) is 18.4 Å². The molecular formula is C27H28N8O. The van der Waals surface area contributed by atoms with Crippen LogP contribution in [-0.4, -0.2) is 56.1 Å². The standard InChI is InChI=1S/C27H28N8O/c28-26-30-27(29-21-10-12-22(13-11-21)36-17-16-34-14-3-4-15-34)33-35(26)24-18-20-8-5-7-19-6-1-2-9-23(19)25(20)32-31-24/h6,9-13,18H,3-5,7-8,14-17H2,(H3,28,29,30,33). The molecule has 0 bridgehead atoms. The lowest BCUT2D eigenvalue weighted by Crippen LogP contribution is -2.25. The van der Waals surface area contributed by atoms with Crippen LogP contribution in [0.5, 0.6) is 5.75 Å². The largest absolute Gasteiger partial charge is 0.492 e. The molecule has 182 valence electrons. The van der Waals surface area contributed by atoms with Crippen molar-refractivity contribution in [3.8, 4) is 22.8 Å². The number of hydrogen-bond donors (Lipinski definition) is 2. The average Bonchev–Trinajstić information content (AvgIpc) is 3.50. The van der Waals surface area contributed by atoms with Crippen LogP contribution in [0.3, 0.4) is 0 Å². The molecule has 3 heterocycles. The van der Waals surface area contributed by atoms with Crippen molar-refractivity contribution in [1.29, 1.82) is 0 Å². The van der Waals surface area contributed by atoms with E-state index in [2.05, 4.69) is 42.6 Å². The number of rotatable bonds is 7. The molecule has 0 saturated carbocycles. The molecule has 0 amide bonds. The molecule has 2 aliphatic rings. The third-order valence-electron chi connectivity index (χ3n) is 6.73. The van der Waals surface area contributed by atoms with E-state index in [1.165, 1.54) is 36.2 Å². The van der Waals surface area contributed by atoms with Gasteiger partial charge in [-0.25, -0.2) is 0 Å². The number of likely N-dealkylation sites (tertiary alicyclic amines) is 1. The van der Waals surface area contributed by atoms with Gasteiger partial charge in [-0.3, -0.25) is 4.90 Å². The zero-order valence-corrected chi connectivity index (χ0v) is 20.1. The Morgan fingerprint density at radius 2 is 1.78 bits per heavy atom. The highest BCUT2D eigenvalue weighted by atomic mass is 16.5. The number of nitrogens with one attached hydrogen (secondary N) is 1. The summed E-state index contributed by atoms with van der Waals surface area (Å²) in [7, 11) is 0. The second-order valence-electron chi connectivity index (χ2n) is 9.20. The minimum Gasteiger partial charge on any atom is -0.492 e. The molecule has 9 heteroatoms. The number of hydrogen-bond acceptors (Lipinski definition) is 8. The second-order valence-corrected chi connectivity index (χ2v) is 9.20. The summed E-state index contributed by atoms with van der Waals surface area (Å²) in [5, 5.41) is 16.7. The first-order valence-corrected chi connectivity index (χ1v) is 12.5. The number of fused-ring (bicyclic) bond motifs is 3. The molecule has 1 aliphatic carbocycles. The first kappa shape index (κ1) is 22.3. The Bertz CT molecular complexity index is 1340. The molecule has 0 atom stereocenters. The van der Waals surface area contributed by atoms with Gasteiger partial charge >= 0.3 is 0 Å². The maximum atomic E-state index is 6.19. The number of nitrogens with zero attached hydrogens (tertiary/aromatic N) is 6. The quantitative estimate of drug-likeness (QED) is 0.413. The van der Waals surface area contributed by atoms with Crippen molar-refractivity contribution in [1.82, 2.24) is 29.9 Å². The Labute approximate surface area is 210 Å². The van der Waals surface area contributed by atoms with E-state index in [0.717, 1.165) is 54.1 Å². The average molecular weight is 481 g/mol. The number of aryl methyl sites for hydroxylation is 2. The Hall–Kier alpha value is -4.16. The predicted molar refractivity (Wildman–Crippen MR) is 137 cm³/mol. The second kappa shape index (κ2) is 9.84. The number of nitrogens with two attached hydrogens (primary N) is 1. The van der Waals surface area contributed by atoms with Crippen molar-refractivity contribution < 1.29 is 4.74 Å². The SMILES string of the molecule is Nc1nc(Nc2ccc(OCCN3CCCC3)cc2)nn1-c1cc2c(nn1)-c1cc#ccc1CCC2. The maximum Gasteiger partial charge on any atom is 0.248 e. The number of benzene rings is 1. The molecule has 6 rings (SSSR count). The normalized spacial score (nSPS) is 15.0. The van der Waals surface area contributed by atoms with E-state index in [-0.39, 0.29) is 5.95 Å². The summed E-state index contributed by atoms with van der Waals surface area (Å²) in [6, 6.07) is 19.8. The number of ether oxygens (including phenoxy) is 1. The first-order valence-electron chi connectivity index (χ1n) is 12.5. The molecule has 36 heavy (non-hydrogen) atoms. The molecule has 0 radical (unpaired) electrons. The molecule has 0 unspecified atom stereocenters. The van der Waals surface area contributed by atoms with Crippen molar-refractivity contribution in [2.45, 2.75) is 32.1 Å².